The maximum absolute atomic E-state index is 5.31. The van der Waals surface area contributed by atoms with Crippen molar-refractivity contribution in [3.63, 3.8) is 0 Å². The molecule has 1 atom stereocenters. The first-order valence-electron chi connectivity index (χ1n) is 5.31. The van der Waals surface area contributed by atoms with Gasteiger partial charge in [-0.2, -0.15) is 0 Å². The van der Waals surface area contributed by atoms with Crippen LogP contribution in [-0.2, 0) is 0 Å². The Morgan fingerprint density at radius 2 is 1.93 bits per heavy atom. The zero-order chi connectivity index (χ0) is 11.4. The first-order valence-corrected chi connectivity index (χ1v) is 6.43. The number of methoxy groups -OCH3 is 1. The number of rotatable bonds is 4. The van der Waals surface area contributed by atoms with Crippen molar-refractivity contribution in [1.29, 1.82) is 0 Å². The predicted molar refractivity (Wildman–Crippen MR) is 69.3 cm³/mol. The molecule has 15 heavy (non-hydrogen) atoms. The fourth-order valence-electron chi connectivity index (χ4n) is 1.88. The van der Waals surface area contributed by atoms with E-state index in [-0.39, 0.29) is 0 Å². The van der Waals surface area contributed by atoms with E-state index >= 15 is 0 Å². The Hall–Kier alpha value is -0.500. The summed E-state index contributed by atoms with van der Waals surface area (Å²) in [5.41, 5.74) is 3.98. The van der Waals surface area contributed by atoms with Crippen LogP contribution in [0.1, 0.15) is 36.0 Å². The fourth-order valence-corrected chi connectivity index (χ4v) is 2.57. The maximum Gasteiger partial charge on any atom is 0.122 e. The largest absolute Gasteiger partial charge is 0.496 e. The zero-order valence-electron chi connectivity index (χ0n) is 9.93. The second kappa shape index (κ2) is 5.55. The summed E-state index contributed by atoms with van der Waals surface area (Å²) in [5.74, 6) is 1.59. The van der Waals surface area contributed by atoms with E-state index < -0.39 is 0 Å². The monoisotopic (exact) mass is 270 g/mol. The van der Waals surface area contributed by atoms with Crippen molar-refractivity contribution >= 4 is 15.9 Å². The highest BCUT2D eigenvalue weighted by atomic mass is 79.9. The van der Waals surface area contributed by atoms with Crippen LogP contribution < -0.4 is 4.74 Å². The molecule has 0 fully saturated rings. The lowest BCUT2D eigenvalue weighted by molar-refractivity contribution is 0.411. The van der Waals surface area contributed by atoms with Gasteiger partial charge in [-0.15, -0.1) is 0 Å². The van der Waals surface area contributed by atoms with Gasteiger partial charge in [0.15, 0.2) is 0 Å². The third-order valence-corrected chi connectivity index (χ3v) is 3.31. The number of ether oxygens (including phenoxy) is 1. The van der Waals surface area contributed by atoms with Gasteiger partial charge in [0.05, 0.1) is 7.11 Å². The van der Waals surface area contributed by atoms with E-state index in [1.165, 1.54) is 23.1 Å². The van der Waals surface area contributed by atoms with Crippen LogP contribution in [-0.4, -0.2) is 12.4 Å². The first-order chi connectivity index (χ1) is 7.10. The van der Waals surface area contributed by atoms with Gasteiger partial charge in [-0.05, 0) is 48.9 Å². The topological polar surface area (TPSA) is 9.23 Å². The van der Waals surface area contributed by atoms with E-state index in [1.54, 1.807) is 7.11 Å². The summed E-state index contributed by atoms with van der Waals surface area (Å²) >= 11 is 3.49. The van der Waals surface area contributed by atoms with Crippen molar-refractivity contribution in [2.75, 3.05) is 12.4 Å². The highest BCUT2D eigenvalue weighted by Gasteiger charge is 2.10. The quantitative estimate of drug-likeness (QED) is 0.746. The molecule has 84 valence electrons. The van der Waals surface area contributed by atoms with Gasteiger partial charge in [-0.1, -0.05) is 28.9 Å². The highest BCUT2D eigenvalue weighted by molar-refractivity contribution is 9.09. The van der Waals surface area contributed by atoms with Gasteiger partial charge in [0, 0.05) is 5.33 Å². The summed E-state index contributed by atoms with van der Waals surface area (Å²) in [6.07, 6.45) is 1.17. The molecule has 1 unspecified atom stereocenters. The van der Waals surface area contributed by atoms with Crippen molar-refractivity contribution < 1.29 is 4.74 Å². The summed E-state index contributed by atoms with van der Waals surface area (Å²) < 4.78 is 5.31. The summed E-state index contributed by atoms with van der Waals surface area (Å²) in [5, 5.41) is 1.05. The van der Waals surface area contributed by atoms with Gasteiger partial charge >= 0.3 is 0 Å². The minimum absolute atomic E-state index is 0.606. The molecule has 1 aromatic carbocycles. The molecular weight excluding hydrogens is 252 g/mol. The van der Waals surface area contributed by atoms with Crippen LogP contribution in [0.25, 0.3) is 0 Å². The molecule has 0 aliphatic rings. The van der Waals surface area contributed by atoms with Crippen molar-refractivity contribution in [3.05, 3.63) is 28.8 Å². The van der Waals surface area contributed by atoms with Gasteiger partial charge in [0.1, 0.15) is 5.75 Å². The fraction of sp³-hybridized carbons (Fsp3) is 0.538. The summed E-state index contributed by atoms with van der Waals surface area (Å²) in [6, 6.07) is 4.39. The molecule has 0 saturated heterocycles. The normalized spacial score (nSPS) is 12.6. The van der Waals surface area contributed by atoms with E-state index in [4.69, 9.17) is 4.74 Å². The first kappa shape index (κ1) is 12.6. The third-order valence-electron chi connectivity index (χ3n) is 2.86. The minimum atomic E-state index is 0.606. The van der Waals surface area contributed by atoms with Gasteiger partial charge < -0.3 is 4.74 Å². The number of aryl methyl sites for hydroxylation is 2. The molecular formula is C13H19BrO. The van der Waals surface area contributed by atoms with Crippen LogP contribution >= 0.6 is 15.9 Å². The molecule has 0 radical (unpaired) electrons. The lowest BCUT2D eigenvalue weighted by atomic mass is 9.92. The standard InChI is InChI=1S/C13H19BrO/c1-9(5-6-14)12-7-11(3)13(15-4)8-10(12)2/h7-9H,5-6H2,1-4H3. The summed E-state index contributed by atoms with van der Waals surface area (Å²) in [4.78, 5) is 0. The smallest absolute Gasteiger partial charge is 0.122 e. The number of hydrogen-bond donors (Lipinski definition) is 0. The molecule has 0 saturated carbocycles. The van der Waals surface area contributed by atoms with Crippen molar-refractivity contribution in [2.45, 2.75) is 33.1 Å². The average molecular weight is 271 g/mol. The molecule has 0 amide bonds. The van der Waals surface area contributed by atoms with Crippen LogP contribution in [0.3, 0.4) is 0 Å². The molecule has 0 aromatic heterocycles. The maximum atomic E-state index is 5.31. The van der Waals surface area contributed by atoms with Gasteiger partial charge in [-0.25, -0.2) is 0 Å². The van der Waals surface area contributed by atoms with Crippen LogP contribution in [0.4, 0.5) is 0 Å². The molecule has 0 N–H and O–H groups in total. The minimum Gasteiger partial charge on any atom is -0.496 e. The Morgan fingerprint density at radius 1 is 1.27 bits per heavy atom. The Bertz CT molecular complexity index is 334. The molecule has 1 rings (SSSR count). The predicted octanol–water partition coefficient (Wildman–Crippen LogP) is 4.20. The van der Waals surface area contributed by atoms with Gasteiger partial charge in [0.25, 0.3) is 0 Å². The summed E-state index contributed by atoms with van der Waals surface area (Å²) in [6.45, 7) is 6.53. The molecule has 1 aromatic rings. The van der Waals surface area contributed by atoms with Crippen LogP contribution in [0.2, 0.25) is 0 Å². The lowest BCUT2D eigenvalue weighted by Gasteiger charge is -2.16. The Morgan fingerprint density at radius 3 is 2.47 bits per heavy atom. The van der Waals surface area contributed by atoms with E-state index in [0.29, 0.717) is 5.92 Å². The number of hydrogen-bond acceptors (Lipinski definition) is 1. The molecule has 1 nitrogen and oxygen atoms in total. The Kier molecular flexibility index (Phi) is 4.65. The molecule has 2 heteroatoms. The SMILES string of the molecule is COc1cc(C)c(C(C)CCBr)cc1C. The van der Waals surface area contributed by atoms with E-state index in [1.807, 2.05) is 0 Å². The van der Waals surface area contributed by atoms with Crippen molar-refractivity contribution in [1.82, 2.24) is 0 Å². The molecule has 0 aliphatic heterocycles. The van der Waals surface area contributed by atoms with Crippen molar-refractivity contribution in [3.8, 4) is 5.75 Å². The molecule has 0 heterocycles. The molecule has 0 spiro atoms. The number of benzene rings is 1. The van der Waals surface area contributed by atoms with E-state index in [9.17, 15) is 0 Å². The Labute approximate surface area is 101 Å². The number of halogens is 1. The number of alkyl halides is 1. The second-order valence-corrected chi connectivity index (χ2v) is 4.85. The third kappa shape index (κ3) is 2.97. The average Bonchev–Trinajstić information content (AvgIpc) is 2.21. The Balaban J connectivity index is 3.04. The van der Waals surface area contributed by atoms with Crippen LogP contribution in [0, 0.1) is 13.8 Å². The van der Waals surface area contributed by atoms with Gasteiger partial charge in [-0.3, -0.25) is 0 Å². The van der Waals surface area contributed by atoms with E-state index in [0.717, 1.165) is 11.1 Å². The second-order valence-electron chi connectivity index (χ2n) is 4.06. The van der Waals surface area contributed by atoms with Gasteiger partial charge in [0.2, 0.25) is 0 Å². The highest BCUT2D eigenvalue weighted by Crippen LogP contribution is 2.29. The van der Waals surface area contributed by atoms with Crippen LogP contribution in [0.5, 0.6) is 5.75 Å². The molecule has 0 bridgehead atoms. The van der Waals surface area contributed by atoms with E-state index in [2.05, 4.69) is 48.8 Å². The molecule has 0 aliphatic carbocycles. The van der Waals surface area contributed by atoms with Crippen molar-refractivity contribution in [2.24, 2.45) is 0 Å². The van der Waals surface area contributed by atoms with Crippen LogP contribution in [0.15, 0.2) is 12.1 Å². The zero-order valence-corrected chi connectivity index (χ0v) is 11.5. The lowest BCUT2D eigenvalue weighted by Crippen LogP contribution is -1.99. The summed E-state index contributed by atoms with van der Waals surface area (Å²) in [7, 11) is 1.73.